The average Bonchev–Trinajstić information content (AvgIpc) is 2.38. The van der Waals surface area contributed by atoms with Crippen molar-refractivity contribution >= 4 is 5.69 Å². The van der Waals surface area contributed by atoms with Gasteiger partial charge in [-0.1, -0.05) is 6.07 Å². The summed E-state index contributed by atoms with van der Waals surface area (Å²) < 4.78 is 0. The summed E-state index contributed by atoms with van der Waals surface area (Å²) >= 11 is 0. The second-order valence-corrected chi connectivity index (χ2v) is 4.30. The van der Waals surface area contributed by atoms with Crippen LogP contribution >= 0.6 is 0 Å². The van der Waals surface area contributed by atoms with Gasteiger partial charge in [-0.15, -0.1) is 0 Å². The molecule has 0 spiro atoms. The molecule has 1 atom stereocenters. The highest BCUT2D eigenvalue weighted by molar-refractivity contribution is 5.52. The Balaban J connectivity index is 2.20. The Hall–Kier alpha value is -2.67. The maximum absolute atomic E-state index is 9.79. The molecule has 0 aliphatic heterocycles. The zero-order chi connectivity index (χ0) is 13.8. The topological polar surface area (TPSA) is 76.3 Å². The van der Waals surface area contributed by atoms with E-state index in [2.05, 4.69) is 11.4 Å². The monoisotopic (exact) mass is 254 g/mol. The van der Waals surface area contributed by atoms with Gasteiger partial charge in [0.05, 0.1) is 17.7 Å². The molecule has 0 heterocycles. The van der Waals surface area contributed by atoms with Crippen LogP contribution in [0.2, 0.25) is 0 Å². The Kier molecular flexibility index (Phi) is 3.58. The number of rotatable bonds is 3. The molecule has 4 heteroatoms. The van der Waals surface area contributed by atoms with E-state index in [0.29, 0.717) is 11.1 Å². The number of benzene rings is 2. The van der Waals surface area contributed by atoms with Crippen molar-refractivity contribution in [3.05, 3.63) is 53.6 Å². The van der Waals surface area contributed by atoms with Crippen LogP contribution in [0.5, 0.6) is 11.5 Å². The molecule has 0 saturated heterocycles. The second-order valence-electron chi connectivity index (χ2n) is 4.30. The Bertz CT molecular complexity index is 632. The van der Waals surface area contributed by atoms with Crippen LogP contribution in [-0.2, 0) is 0 Å². The summed E-state index contributed by atoms with van der Waals surface area (Å²) in [5.74, 6) is 0.0661. The van der Waals surface area contributed by atoms with Crippen molar-refractivity contribution in [1.82, 2.24) is 0 Å². The highest BCUT2D eigenvalue weighted by Gasteiger charge is 2.11. The van der Waals surface area contributed by atoms with Gasteiger partial charge in [-0.2, -0.15) is 5.26 Å². The number of anilines is 1. The highest BCUT2D eigenvalue weighted by Crippen LogP contribution is 2.29. The van der Waals surface area contributed by atoms with Crippen molar-refractivity contribution in [2.45, 2.75) is 13.0 Å². The van der Waals surface area contributed by atoms with Gasteiger partial charge in [-0.05, 0) is 37.3 Å². The first-order chi connectivity index (χ1) is 9.10. The van der Waals surface area contributed by atoms with E-state index in [0.717, 1.165) is 5.69 Å². The number of nitrogens with zero attached hydrogens (tertiary/aromatic N) is 1. The summed E-state index contributed by atoms with van der Waals surface area (Å²) in [6.07, 6.45) is 0. The van der Waals surface area contributed by atoms with Gasteiger partial charge in [0, 0.05) is 17.3 Å². The highest BCUT2D eigenvalue weighted by atomic mass is 16.3. The van der Waals surface area contributed by atoms with Crippen molar-refractivity contribution < 1.29 is 10.2 Å². The van der Waals surface area contributed by atoms with Crippen molar-refractivity contribution in [2.75, 3.05) is 5.32 Å². The van der Waals surface area contributed by atoms with Gasteiger partial charge in [-0.3, -0.25) is 0 Å². The molecule has 0 saturated carbocycles. The van der Waals surface area contributed by atoms with Crippen LogP contribution in [0.25, 0.3) is 0 Å². The van der Waals surface area contributed by atoms with Gasteiger partial charge in [0.15, 0.2) is 0 Å². The molecule has 0 amide bonds. The van der Waals surface area contributed by atoms with Crippen LogP contribution < -0.4 is 5.32 Å². The van der Waals surface area contributed by atoms with E-state index in [1.165, 1.54) is 12.1 Å². The fourth-order valence-corrected chi connectivity index (χ4v) is 1.90. The third kappa shape index (κ3) is 2.96. The van der Waals surface area contributed by atoms with Crippen molar-refractivity contribution in [3.63, 3.8) is 0 Å². The molecule has 96 valence electrons. The van der Waals surface area contributed by atoms with Crippen LogP contribution in [0.4, 0.5) is 5.69 Å². The van der Waals surface area contributed by atoms with Gasteiger partial charge >= 0.3 is 0 Å². The fraction of sp³-hybridized carbons (Fsp3) is 0.133. The summed E-state index contributed by atoms with van der Waals surface area (Å²) in [6, 6.07) is 13.6. The summed E-state index contributed by atoms with van der Waals surface area (Å²) in [4.78, 5) is 0. The standard InChI is InChI=1S/C15H14N2O2/c1-10(14-6-5-13(18)8-15(14)19)17-12-4-2-3-11(7-12)9-16/h2-8,10,17-19H,1H3. The molecule has 0 radical (unpaired) electrons. The lowest BCUT2D eigenvalue weighted by molar-refractivity contribution is 0.444. The molecule has 2 rings (SSSR count). The first kappa shape index (κ1) is 12.8. The van der Waals surface area contributed by atoms with Gasteiger partial charge in [0.1, 0.15) is 11.5 Å². The zero-order valence-corrected chi connectivity index (χ0v) is 10.5. The van der Waals surface area contributed by atoms with Crippen molar-refractivity contribution in [1.29, 1.82) is 5.26 Å². The molecule has 0 fully saturated rings. The molecule has 0 aromatic heterocycles. The maximum atomic E-state index is 9.79. The molecule has 1 unspecified atom stereocenters. The number of phenols is 2. The van der Waals surface area contributed by atoms with Crippen molar-refractivity contribution in [2.24, 2.45) is 0 Å². The summed E-state index contributed by atoms with van der Waals surface area (Å²) in [7, 11) is 0. The van der Waals surface area contributed by atoms with Gasteiger partial charge < -0.3 is 15.5 Å². The Morgan fingerprint density at radius 1 is 1.16 bits per heavy atom. The van der Waals surface area contributed by atoms with Crippen LogP contribution in [-0.4, -0.2) is 10.2 Å². The average molecular weight is 254 g/mol. The van der Waals surface area contributed by atoms with Crippen LogP contribution in [0.15, 0.2) is 42.5 Å². The van der Waals surface area contributed by atoms with Crippen molar-refractivity contribution in [3.8, 4) is 17.6 Å². The van der Waals surface area contributed by atoms with Gasteiger partial charge in [0.2, 0.25) is 0 Å². The minimum absolute atomic E-state index is 0.0277. The number of hydrogen-bond acceptors (Lipinski definition) is 4. The molecule has 2 aromatic carbocycles. The predicted octanol–water partition coefficient (Wildman–Crippen LogP) is 3.14. The molecule has 0 aliphatic rings. The molecule has 4 nitrogen and oxygen atoms in total. The minimum Gasteiger partial charge on any atom is -0.508 e. The molecule has 2 aromatic rings. The van der Waals surface area contributed by atoms with E-state index in [-0.39, 0.29) is 17.5 Å². The fourth-order valence-electron chi connectivity index (χ4n) is 1.90. The van der Waals surface area contributed by atoms with E-state index in [9.17, 15) is 10.2 Å². The minimum atomic E-state index is -0.144. The lowest BCUT2D eigenvalue weighted by atomic mass is 10.1. The van der Waals surface area contributed by atoms with Crippen LogP contribution in [0.1, 0.15) is 24.1 Å². The molecule has 19 heavy (non-hydrogen) atoms. The number of nitrogens with one attached hydrogen (secondary N) is 1. The normalized spacial score (nSPS) is 11.6. The summed E-state index contributed by atoms with van der Waals surface area (Å²) in [5, 5.41) is 31.1. The third-order valence-corrected chi connectivity index (χ3v) is 2.86. The first-order valence-electron chi connectivity index (χ1n) is 5.88. The van der Waals surface area contributed by atoms with E-state index in [4.69, 9.17) is 5.26 Å². The number of aromatic hydroxyl groups is 2. The maximum Gasteiger partial charge on any atom is 0.124 e. The van der Waals surface area contributed by atoms with Gasteiger partial charge in [-0.25, -0.2) is 0 Å². The number of hydrogen-bond donors (Lipinski definition) is 3. The number of phenolic OH excluding ortho intramolecular Hbond substituents is 2. The summed E-state index contributed by atoms with van der Waals surface area (Å²) in [6.45, 7) is 1.89. The first-order valence-corrected chi connectivity index (χ1v) is 5.88. The summed E-state index contributed by atoms with van der Waals surface area (Å²) in [5.41, 5.74) is 2.06. The smallest absolute Gasteiger partial charge is 0.124 e. The SMILES string of the molecule is CC(Nc1cccc(C#N)c1)c1ccc(O)cc1O. The molecule has 0 aliphatic carbocycles. The Morgan fingerprint density at radius 2 is 1.95 bits per heavy atom. The van der Waals surface area contributed by atoms with E-state index in [1.54, 1.807) is 24.3 Å². The second kappa shape index (κ2) is 5.32. The molecule has 3 N–H and O–H groups in total. The van der Waals surface area contributed by atoms with E-state index >= 15 is 0 Å². The third-order valence-electron chi connectivity index (χ3n) is 2.86. The Morgan fingerprint density at radius 3 is 2.63 bits per heavy atom. The van der Waals surface area contributed by atoms with E-state index < -0.39 is 0 Å². The molecular formula is C15H14N2O2. The Labute approximate surface area is 111 Å². The van der Waals surface area contributed by atoms with E-state index in [1.807, 2.05) is 13.0 Å². The quantitative estimate of drug-likeness (QED) is 0.786. The van der Waals surface area contributed by atoms with Crippen LogP contribution in [0.3, 0.4) is 0 Å². The molecule has 0 bridgehead atoms. The predicted molar refractivity (Wildman–Crippen MR) is 73.0 cm³/mol. The largest absolute Gasteiger partial charge is 0.508 e. The zero-order valence-electron chi connectivity index (χ0n) is 10.5. The lowest BCUT2D eigenvalue weighted by Crippen LogP contribution is -2.06. The lowest BCUT2D eigenvalue weighted by Gasteiger charge is -2.17. The van der Waals surface area contributed by atoms with Gasteiger partial charge in [0.25, 0.3) is 0 Å². The van der Waals surface area contributed by atoms with Crippen LogP contribution in [0, 0.1) is 11.3 Å². The number of nitriles is 1. The molecular weight excluding hydrogens is 240 g/mol.